The van der Waals surface area contributed by atoms with Crippen LogP contribution in [0.1, 0.15) is 15.2 Å². The Labute approximate surface area is 132 Å². The van der Waals surface area contributed by atoms with Gasteiger partial charge in [-0.2, -0.15) is 0 Å². The van der Waals surface area contributed by atoms with Gasteiger partial charge in [-0.25, -0.2) is 0 Å². The minimum atomic E-state index is -0.0799. The van der Waals surface area contributed by atoms with Crippen LogP contribution in [0.3, 0.4) is 0 Å². The maximum Gasteiger partial charge on any atom is 0.205 e. The molecule has 2 nitrogen and oxygen atoms in total. The van der Waals surface area contributed by atoms with Gasteiger partial charge in [0.2, 0.25) is 5.78 Å². The summed E-state index contributed by atoms with van der Waals surface area (Å²) in [5.41, 5.74) is 1.27. The SMILES string of the molecule is CN(C)C=C(C(=O)c1ccc(Cl)s1)c1ccccc1Cl. The summed E-state index contributed by atoms with van der Waals surface area (Å²) in [6.45, 7) is 0. The van der Waals surface area contributed by atoms with Crippen molar-refractivity contribution in [3.63, 3.8) is 0 Å². The van der Waals surface area contributed by atoms with Crippen molar-refractivity contribution < 1.29 is 4.79 Å². The number of carbonyl (C=O) groups excluding carboxylic acids is 1. The first-order valence-electron chi connectivity index (χ1n) is 5.92. The van der Waals surface area contributed by atoms with Gasteiger partial charge in [0.05, 0.1) is 9.21 Å². The fraction of sp³-hybridized carbons (Fsp3) is 0.133. The average Bonchev–Trinajstić information content (AvgIpc) is 2.82. The third-order valence-electron chi connectivity index (χ3n) is 2.59. The molecule has 1 aromatic heterocycles. The lowest BCUT2D eigenvalue weighted by Crippen LogP contribution is -2.08. The lowest BCUT2D eigenvalue weighted by molar-refractivity contribution is 0.105. The van der Waals surface area contributed by atoms with Crippen molar-refractivity contribution in [2.45, 2.75) is 0 Å². The van der Waals surface area contributed by atoms with E-state index in [4.69, 9.17) is 23.2 Å². The molecule has 0 bridgehead atoms. The van der Waals surface area contributed by atoms with Crippen molar-refractivity contribution in [1.29, 1.82) is 0 Å². The first kappa shape index (κ1) is 15.1. The zero-order valence-electron chi connectivity index (χ0n) is 11.1. The molecule has 5 heteroatoms. The van der Waals surface area contributed by atoms with Crippen LogP contribution in [-0.4, -0.2) is 24.8 Å². The van der Waals surface area contributed by atoms with Crippen molar-refractivity contribution in [2.24, 2.45) is 0 Å². The molecular formula is C15H13Cl2NOS. The largest absolute Gasteiger partial charge is 0.383 e. The monoisotopic (exact) mass is 325 g/mol. The lowest BCUT2D eigenvalue weighted by Gasteiger charge is -2.12. The van der Waals surface area contributed by atoms with E-state index in [9.17, 15) is 4.79 Å². The predicted molar refractivity (Wildman–Crippen MR) is 86.8 cm³/mol. The van der Waals surface area contributed by atoms with E-state index in [0.29, 0.717) is 19.8 Å². The van der Waals surface area contributed by atoms with Crippen LogP contribution in [0.4, 0.5) is 0 Å². The van der Waals surface area contributed by atoms with Crippen LogP contribution in [-0.2, 0) is 0 Å². The Morgan fingerprint density at radius 3 is 2.40 bits per heavy atom. The molecule has 2 rings (SSSR count). The van der Waals surface area contributed by atoms with E-state index in [2.05, 4.69) is 0 Å². The first-order valence-corrected chi connectivity index (χ1v) is 7.49. The number of carbonyl (C=O) groups is 1. The Hall–Kier alpha value is -1.29. The normalized spacial score (nSPS) is 11.5. The van der Waals surface area contributed by atoms with Gasteiger partial charge < -0.3 is 4.90 Å². The summed E-state index contributed by atoms with van der Waals surface area (Å²) in [5, 5.41) is 0.552. The molecular weight excluding hydrogens is 313 g/mol. The number of nitrogens with zero attached hydrogens (tertiary/aromatic N) is 1. The molecule has 1 aromatic carbocycles. The second kappa shape index (κ2) is 6.44. The summed E-state index contributed by atoms with van der Waals surface area (Å²) in [5.74, 6) is -0.0799. The van der Waals surface area contributed by atoms with Crippen molar-refractivity contribution in [3.05, 3.63) is 62.4 Å². The van der Waals surface area contributed by atoms with Gasteiger partial charge in [-0.1, -0.05) is 41.4 Å². The summed E-state index contributed by atoms with van der Waals surface area (Å²) < 4.78 is 0.594. The molecule has 1 heterocycles. The molecule has 0 radical (unpaired) electrons. The number of hydrogen-bond acceptors (Lipinski definition) is 3. The fourth-order valence-corrected chi connectivity index (χ4v) is 2.99. The summed E-state index contributed by atoms with van der Waals surface area (Å²) in [4.78, 5) is 15.1. The van der Waals surface area contributed by atoms with Crippen LogP contribution in [0.25, 0.3) is 5.57 Å². The van der Waals surface area contributed by atoms with E-state index in [0.717, 1.165) is 5.56 Å². The Morgan fingerprint density at radius 1 is 1.15 bits per heavy atom. The zero-order chi connectivity index (χ0) is 14.7. The van der Waals surface area contributed by atoms with Gasteiger partial charge in [0, 0.05) is 36.5 Å². The van der Waals surface area contributed by atoms with E-state index in [1.165, 1.54) is 11.3 Å². The van der Waals surface area contributed by atoms with Gasteiger partial charge in [-0.05, 0) is 18.2 Å². The standard InChI is InChI=1S/C15H13Cl2NOS/c1-18(2)9-11(10-5-3-4-6-12(10)16)15(19)13-7-8-14(17)20-13/h3-9H,1-2H3. The number of rotatable bonds is 4. The summed E-state index contributed by atoms with van der Waals surface area (Å²) in [6.07, 6.45) is 1.77. The van der Waals surface area contributed by atoms with E-state index in [1.54, 1.807) is 24.4 Å². The van der Waals surface area contributed by atoms with Crippen molar-refractivity contribution >= 4 is 45.9 Å². The molecule has 0 spiro atoms. The molecule has 0 saturated carbocycles. The molecule has 0 unspecified atom stereocenters. The maximum atomic E-state index is 12.6. The van der Waals surface area contributed by atoms with Crippen LogP contribution in [0.15, 0.2) is 42.6 Å². The van der Waals surface area contributed by atoms with Gasteiger partial charge in [-0.15, -0.1) is 11.3 Å². The van der Waals surface area contributed by atoms with Crippen LogP contribution in [0, 0.1) is 0 Å². The number of benzene rings is 1. The number of ketones is 1. The molecule has 0 amide bonds. The van der Waals surface area contributed by atoms with Crippen molar-refractivity contribution in [3.8, 4) is 0 Å². The highest BCUT2D eigenvalue weighted by molar-refractivity contribution is 7.18. The molecule has 104 valence electrons. The number of Topliss-reactive ketones (excluding diaryl/α,β-unsaturated/α-hetero) is 1. The predicted octanol–water partition coefficient (Wildman–Crippen LogP) is 4.84. The Kier molecular flexibility index (Phi) is 4.86. The smallest absolute Gasteiger partial charge is 0.205 e. The number of thiophene rings is 1. The lowest BCUT2D eigenvalue weighted by atomic mass is 10.0. The van der Waals surface area contributed by atoms with E-state index in [1.807, 2.05) is 37.2 Å². The van der Waals surface area contributed by atoms with Crippen LogP contribution >= 0.6 is 34.5 Å². The van der Waals surface area contributed by atoms with Crippen molar-refractivity contribution in [2.75, 3.05) is 14.1 Å². The quantitative estimate of drug-likeness (QED) is 0.592. The topological polar surface area (TPSA) is 20.3 Å². The highest BCUT2D eigenvalue weighted by Gasteiger charge is 2.18. The average molecular weight is 326 g/mol. The Bertz CT molecular complexity index is 661. The molecule has 0 aliphatic rings. The molecule has 2 aromatic rings. The molecule has 0 N–H and O–H groups in total. The minimum absolute atomic E-state index is 0.0799. The van der Waals surface area contributed by atoms with Gasteiger partial charge in [0.25, 0.3) is 0 Å². The second-order valence-corrected chi connectivity index (χ2v) is 6.54. The Morgan fingerprint density at radius 2 is 1.85 bits per heavy atom. The molecule has 0 saturated heterocycles. The first-order chi connectivity index (χ1) is 9.49. The number of hydrogen-bond donors (Lipinski definition) is 0. The number of halogens is 2. The molecule has 20 heavy (non-hydrogen) atoms. The van der Waals surface area contributed by atoms with E-state index < -0.39 is 0 Å². The number of allylic oxidation sites excluding steroid dienone is 1. The molecule has 0 aliphatic heterocycles. The summed E-state index contributed by atoms with van der Waals surface area (Å²) in [6, 6.07) is 10.8. The van der Waals surface area contributed by atoms with Crippen LogP contribution < -0.4 is 0 Å². The highest BCUT2D eigenvalue weighted by atomic mass is 35.5. The van der Waals surface area contributed by atoms with Gasteiger partial charge in [-0.3, -0.25) is 4.79 Å². The molecule has 0 atom stereocenters. The summed E-state index contributed by atoms with van der Waals surface area (Å²) in [7, 11) is 3.73. The molecule has 0 aliphatic carbocycles. The zero-order valence-corrected chi connectivity index (χ0v) is 13.4. The highest BCUT2D eigenvalue weighted by Crippen LogP contribution is 2.30. The Balaban J connectivity index is 2.50. The van der Waals surface area contributed by atoms with Crippen LogP contribution in [0.2, 0.25) is 9.36 Å². The fourth-order valence-electron chi connectivity index (χ4n) is 1.76. The third kappa shape index (κ3) is 3.42. The minimum Gasteiger partial charge on any atom is -0.383 e. The van der Waals surface area contributed by atoms with Gasteiger partial charge >= 0.3 is 0 Å². The van der Waals surface area contributed by atoms with E-state index in [-0.39, 0.29) is 5.78 Å². The second-order valence-electron chi connectivity index (χ2n) is 4.42. The summed E-state index contributed by atoms with van der Waals surface area (Å²) >= 11 is 13.4. The maximum absolute atomic E-state index is 12.6. The third-order valence-corrected chi connectivity index (χ3v) is 4.15. The van der Waals surface area contributed by atoms with Gasteiger partial charge in [0.1, 0.15) is 0 Å². The van der Waals surface area contributed by atoms with Gasteiger partial charge in [0.15, 0.2) is 0 Å². The van der Waals surface area contributed by atoms with E-state index >= 15 is 0 Å². The van der Waals surface area contributed by atoms with Crippen molar-refractivity contribution in [1.82, 2.24) is 4.90 Å². The molecule has 0 fully saturated rings. The van der Waals surface area contributed by atoms with Crippen LogP contribution in [0.5, 0.6) is 0 Å².